The highest BCUT2D eigenvalue weighted by Gasteiger charge is 2.35. The van der Waals surface area contributed by atoms with Gasteiger partial charge in [0.1, 0.15) is 0 Å². The predicted molar refractivity (Wildman–Crippen MR) is 90.4 cm³/mol. The van der Waals surface area contributed by atoms with Crippen LogP contribution in [-0.2, 0) is 10.0 Å². The number of hydrogen-bond donors (Lipinski definition) is 2. The van der Waals surface area contributed by atoms with Gasteiger partial charge in [0.05, 0.1) is 10.5 Å². The summed E-state index contributed by atoms with van der Waals surface area (Å²) in [6, 6.07) is 13.4. The molecule has 1 aliphatic rings. The Kier molecular flexibility index (Phi) is 4.43. The zero-order valence-corrected chi connectivity index (χ0v) is 14.1. The lowest BCUT2D eigenvalue weighted by atomic mass is 10.0. The van der Waals surface area contributed by atoms with Crippen molar-refractivity contribution < 1.29 is 18.3 Å². The van der Waals surface area contributed by atoms with Crippen molar-refractivity contribution in [2.75, 3.05) is 0 Å². The number of aromatic carboxylic acids is 1. The van der Waals surface area contributed by atoms with Crippen LogP contribution in [-0.4, -0.2) is 19.5 Å². The number of carboxylic acids is 1. The molecule has 2 N–H and O–H groups in total. The summed E-state index contributed by atoms with van der Waals surface area (Å²) in [7, 11) is -3.80. The van der Waals surface area contributed by atoms with E-state index in [-0.39, 0.29) is 22.4 Å². The molecule has 0 spiro atoms. The Labute approximate surface area is 141 Å². The molecule has 0 aromatic heterocycles. The molecule has 126 valence electrons. The third-order valence-corrected chi connectivity index (χ3v) is 5.72. The number of benzene rings is 2. The van der Waals surface area contributed by atoms with Crippen molar-refractivity contribution in [3.63, 3.8) is 0 Å². The van der Waals surface area contributed by atoms with Crippen LogP contribution in [0.15, 0.2) is 53.4 Å². The molecule has 1 fully saturated rings. The first-order chi connectivity index (χ1) is 11.4. The lowest BCUT2D eigenvalue weighted by molar-refractivity contribution is 0.0696. The maximum absolute atomic E-state index is 12.7. The van der Waals surface area contributed by atoms with Gasteiger partial charge in [0.25, 0.3) is 0 Å². The molecule has 0 amide bonds. The van der Waals surface area contributed by atoms with E-state index in [2.05, 4.69) is 4.72 Å². The molecule has 1 unspecified atom stereocenters. The summed E-state index contributed by atoms with van der Waals surface area (Å²) in [4.78, 5) is 11.2. The minimum absolute atomic E-state index is 0.000517. The first-order valence-corrected chi connectivity index (χ1v) is 9.28. The van der Waals surface area contributed by atoms with Crippen molar-refractivity contribution in [1.82, 2.24) is 4.72 Å². The Morgan fingerprint density at radius 3 is 2.42 bits per heavy atom. The molecule has 24 heavy (non-hydrogen) atoms. The maximum Gasteiger partial charge on any atom is 0.335 e. The third kappa shape index (κ3) is 3.49. The van der Waals surface area contributed by atoms with Gasteiger partial charge in [-0.05, 0) is 48.9 Å². The molecule has 1 aliphatic carbocycles. The maximum atomic E-state index is 12.7. The number of hydrogen-bond acceptors (Lipinski definition) is 3. The molecule has 0 bridgehead atoms. The molecule has 0 aliphatic heterocycles. The predicted octanol–water partition coefficient (Wildman–Crippen LogP) is 3.12. The molecule has 0 saturated heterocycles. The van der Waals surface area contributed by atoms with Crippen LogP contribution >= 0.6 is 0 Å². The van der Waals surface area contributed by atoms with Crippen molar-refractivity contribution in [1.29, 1.82) is 0 Å². The van der Waals surface area contributed by atoms with E-state index >= 15 is 0 Å². The van der Waals surface area contributed by atoms with E-state index in [4.69, 9.17) is 0 Å². The summed E-state index contributed by atoms with van der Waals surface area (Å²) < 4.78 is 28.2. The Hall–Kier alpha value is -2.18. The zero-order chi connectivity index (χ0) is 17.3. The van der Waals surface area contributed by atoms with Gasteiger partial charge in [0.2, 0.25) is 10.0 Å². The van der Waals surface area contributed by atoms with Gasteiger partial charge in [-0.1, -0.05) is 36.4 Å². The minimum atomic E-state index is -3.80. The van der Waals surface area contributed by atoms with Crippen molar-refractivity contribution in [3.05, 3.63) is 65.2 Å². The van der Waals surface area contributed by atoms with Crippen molar-refractivity contribution in [2.45, 2.75) is 30.7 Å². The standard InChI is InChI=1S/C18H19NO4S/c1-12-7-10-15(11-16(12)18(20)21)24(22,23)19-17(14-8-9-14)13-5-3-2-4-6-13/h2-7,10-11,14,17,19H,8-9H2,1H3,(H,20,21). The fourth-order valence-electron chi connectivity index (χ4n) is 2.76. The first kappa shape index (κ1) is 16.7. The van der Waals surface area contributed by atoms with Crippen LogP contribution in [0, 0.1) is 12.8 Å². The molecular formula is C18H19NO4S. The van der Waals surface area contributed by atoms with Crippen molar-refractivity contribution in [3.8, 4) is 0 Å². The number of sulfonamides is 1. The summed E-state index contributed by atoms with van der Waals surface area (Å²) in [6.45, 7) is 1.64. The van der Waals surface area contributed by atoms with E-state index in [1.165, 1.54) is 18.2 Å². The Morgan fingerprint density at radius 2 is 1.83 bits per heavy atom. The fraction of sp³-hybridized carbons (Fsp3) is 0.278. The number of nitrogens with one attached hydrogen (secondary N) is 1. The molecule has 3 rings (SSSR count). The largest absolute Gasteiger partial charge is 0.478 e. The molecule has 5 nitrogen and oxygen atoms in total. The SMILES string of the molecule is Cc1ccc(S(=O)(=O)NC(c2ccccc2)C2CC2)cc1C(=O)O. The lowest BCUT2D eigenvalue weighted by Crippen LogP contribution is -2.30. The normalized spacial score (nSPS) is 15.9. The van der Waals surface area contributed by atoms with Crippen LogP contribution in [0.3, 0.4) is 0 Å². The van der Waals surface area contributed by atoms with Gasteiger partial charge >= 0.3 is 5.97 Å². The van der Waals surface area contributed by atoms with Gasteiger partial charge in [-0.3, -0.25) is 0 Å². The van der Waals surface area contributed by atoms with Gasteiger partial charge in [-0.15, -0.1) is 0 Å². The molecule has 0 heterocycles. The average Bonchev–Trinajstić information content (AvgIpc) is 3.38. The van der Waals surface area contributed by atoms with Crippen molar-refractivity contribution in [2.24, 2.45) is 5.92 Å². The monoisotopic (exact) mass is 345 g/mol. The van der Waals surface area contributed by atoms with E-state index in [0.29, 0.717) is 5.56 Å². The number of aryl methyl sites for hydroxylation is 1. The van der Waals surface area contributed by atoms with Crippen LogP contribution in [0.1, 0.15) is 40.4 Å². The highest BCUT2D eigenvalue weighted by Crippen LogP contribution is 2.41. The first-order valence-electron chi connectivity index (χ1n) is 7.80. The van der Waals surface area contributed by atoms with E-state index < -0.39 is 16.0 Å². The summed E-state index contributed by atoms with van der Waals surface area (Å²) >= 11 is 0. The molecule has 0 radical (unpaired) electrons. The highest BCUT2D eigenvalue weighted by molar-refractivity contribution is 7.89. The quantitative estimate of drug-likeness (QED) is 0.842. The second kappa shape index (κ2) is 6.37. The molecule has 6 heteroatoms. The summed E-state index contributed by atoms with van der Waals surface area (Å²) in [5.74, 6) is -0.849. The highest BCUT2D eigenvalue weighted by atomic mass is 32.2. The van der Waals surface area contributed by atoms with E-state index in [9.17, 15) is 18.3 Å². The van der Waals surface area contributed by atoms with Crippen LogP contribution < -0.4 is 4.72 Å². The Bertz CT molecular complexity index is 858. The van der Waals surface area contributed by atoms with E-state index in [1.807, 2.05) is 30.3 Å². The molecule has 1 saturated carbocycles. The second-order valence-corrected chi connectivity index (χ2v) is 7.84. The molecule has 1 atom stereocenters. The molecule has 2 aromatic rings. The van der Waals surface area contributed by atoms with Crippen LogP contribution in [0.25, 0.3) is 0 Å². The van der Waals surface area contributed by atoms with Crippen molar-refractivity contribution >= 4 is 16.0 Å². The number of carboxylic acid groups (broad SMARTS) is 1. The summed E-state index contributed by atoms with van der Waals surface area (Å²) in [5.41, 5.74) is 1.46. The van der Waals surface area contributed by atoms with E-state index in [0.717, 1.165) is 18.4 Å². The Morgan fingerprint density at radius 1 is 1.17 bits per heavy atom. The number of rotatable bonds is 6. The smallest absolute Gasteiger partial charge is 0.335 e. The molecule has 2 aromatic carbocycles. The van der Waals surface area contributed by atoms with Gasteiger partial charge in [0, 0.05) is 6.04 Å². The number of carbonyl (C=O) groups is 1. The van der Waals surface area contributed by atoms with Gasteiger partial charge in [-0.2, -0.15) is 0 Å². The minimum Gasteiger partial charge on any atom is -0.478 e. The third-order valence-electron chi connectivity index (χ3n) is 4.28. The van der Waals surface area contributed by atoms with Crippen LogP contribution in [0.5, 0.6) is 0 Å². The van der Waals surface area contributed by atoms with Crippen LogP contribution in [0.4, 0.5) is 0 Å². The van der Waals surface area contributed by atoms with Gasteiger partial charge in [0.15, 0.2) is 0 Å². The zero-order valence-electron chi connectivity index (χ0n) is 13.3. The average molecular weight is 345 g/mol. The topological polar surface area (TPSA) is 83.5 Å². The summed E-state index contributed by atoms with van der Waals surface area (Å²) in [6.07, 6.45) is 1.96. The van der Waals surface area contributed by atoms with Crippen LogP contribution in [0.2, 0.25) is 0 Å². The summed E-state index contributed by atoms with van der Waals surface area (Å²) in [5, 5.41) is 9.20. The molecular weight excluding hydrogens is 326 g/mol. The van der Waals surface area contributed by atoms with Gasteiger partial charge in [-0.25, -0.2) is 17.9 Å². The fourth-order valence-corrected chi connectivity index (χ4v) is 4.08. The van der Waals surface area contributed by atoms with E-state index in [1.54, 1.807) is 6.92 Å². The Balaban J connectivity index is 1.93. The lowest BCUT2D eigenvalue weighted by Gasteiger charge is -2.19. The van der Waals surface area contributed by atoms with Gasteiger partial charge < -0.3 is 5.11 Å². The second-order valence-electron chi connectivity index (χ2n) is 6.13.